The molecule has 0 aliphatic heterocycles. The molecule has 0 aromatic heterocycles. The summed E-state index contributed by atoms with van der Waals surface area (Å²) in [4.78, 5) is 0. The Bertz CT molecular complexity index is 93.9. The van der Waals surface area contributed by atoms with Crippen molar-refractivity contribution in [3.8, 4) is 6.07 Å². The third kappa shape index (κ3) is 3.88. The molecule has 0 amide bonds. The van der Waals surface area contributed by atoms with Crippen molar-refractivity contribution in [3.05, 3.63) is 0 Å². The molecule has 4 N–H and O–H groups in total. The number of halogens is 1. The quantitative estimate of drug-likeness (QED) is 0.496. The summed E-state index contributed by atoms with van der Waals surface area (Å²) < 4.78 is 0. The normalized spacial score (nSPS) is 9.25. The lowest BCUT2D eigenvalue weighted by molar-refractivity contribution is 0.548. The first-order valence-corrected chi connectivity index (χ1v) is 2.11. The first-order chi connectivity index (χ1) is 3.12. The summed E-state index contributed by atoms with van der Waals surface area (Å²) in [5, 5.41) is 8.09. The zero-order valence-electron chi connectivity index (χ0n) is 4.72. The standard InChI is InChI=1S/C4H9N3.ClH/c1-2-4(6,7)3-5;/h2,6-7H2,1H3;1H. The van der Waals surface area contributed by atoms with Crippen LogP contribution in [0.15, 0.2) is 0 Å². The minimum atomic E-state index is -1.11. The lowest BCUT2D eigenvalue weighted by atomic mass is 10.2. The maximum atomic E-state index is 8.09. The zero-order valence-corrected chi connectivity index (χ0v) is 5.53. The van der Waals surface area contributed by atoms with E-state index in [4.69, 9.17) is 16.7 Å². The largest absolute Gasteiger partial charge is 0.301 e. The predicted molar refractivity (Wildman–Crippen MR) is 34.3 cm³/mol. The third-order valence-electron chi connectivity index (χ3n) is 0.793. The van der Waals surface area contributed by atoms with E-state index in [1.807, 2.05) is 0 Å². The van der Waals surface area contributed by atoms with Crippen LogP contribution in [0.5, 0.6) is 0 Å². The molecule has 0 bridgehead atoms. The molecule has 4 heteroatoms. The lowest BCUT2D eigenvalue weighted by Crippen LogP contribution is -2.46. The molecular formula is C4H10ClN3. The van der Waals surface area contributed by atoms with Gasteiger partial charge in [0.15, 0.2) is 5.66 Å². The smallest absolute Gasteiger partial charge is 0.153 e. The molecule has 0 saturated heterocycles. The highest BCUT2D eigenvalue weighted by Gasteiger charge is 2.12. The predicted octanol–water partition coefficient (Wildman–Crippen LogP) is -0.0445. The molecule has 0 spiro atoms. The number of rotatable bonds is 1. The molecule has 0 atom stereocenters. The Hall–Kier alpha value is -0.300. The van der Waals surface area contributed by atoms with Gasteiger partial charge in [-0.1, -0.05) is 6.92 Å². The Balaban J connectivity index is 0. The molecule has 0 aliphatic rings. The molecule has 0 unspecified atom stereocenters. The van der Waals surface area contributed by atoms with Crippen LogP contribution in [0.1, 0.15) is 13.3 Å². The van der Waals surface area contributed by atoms with Gasteiger partial charge in [-0.15, -0.1) is 12.4 Å². The van der Waals surface area contributed by atoms with E-state index in [0.29, 0.717) is 6.42 Å². The van der Waals surface area contributed by atoms with E-state index in [-0.39, 0.29) is 12.4 Å². The molecule has 8 heavy (non-hydrogen) atoms. The van der Waals surface area contributed by atoms with Crippen molar-refractivity contribution in [3.63, 3.8) is 0 Å². The van der Waals surface area contributed by atoms with Crippen molar-refractivity contribution in [2.45, 2.75) is 19.0 Å². The van der Waals surface area contributed by atoms with Crippen LogP contribution in [0.2, 0.25) is 0 Å². The van der Waals surface area contributed by atoms with Gasteiger partial charge in [0.2, 0.25) is 0 Å². The molecular weight excluding hydrogens is 126 g/mol. The highest BCUT2D eigenvalue weighted by Crippen LogP contribution is 1.90. The van der Waals surface area contributed by atoms with Gasteiger partial charge in [-0.2, -0.15) is 5.26 Å². The summed E-state index contributed by atoms with van der Waals surface area (Å²) in [7, 11) is 0. The van der Waals surface area contributed by atoms with Gasteiger partial charge >= 0.3 is 0 Å². The van der Waals surface area contributed by atoms with Crippen LogP contribution < -0.4 is 11.5 Å². The van der Waals surface area contributed by atoms with Crippen LogP contribution in [0.3, 0.4) is 0 Å². The van der Waals surface area contributed by atoms with Crippen LogP contribution in [-0.4, -0.2) is 5.66 Å². The van der Waals surface area contributed by atoms with Crippen LogP contribution in [0.4, 0.5) is 0 Å². The summed E-state index contributed by atoms with van der Waals surface area (Å²) in [6.07, 6.45) is 0.490. The topological polar surface area (TPSA) is 75.8 Å². The Kier molecular flexibility index (Phi) is 4.88. The number of nitrogens with two attached hydrogens (primary N) is 2. The minimum absolute atomic E-state index is 0. The molecule has 0 aromatic rings. The van der Waals surface area contributed by atoms with Gasteiger partial charge in [0.05, 0.1) is 0 Å². The van der Waals surface area contributed by atoms with Crippen molar-refractivity contribution in [1.29, 1.82) is 5.26 Å². The van der Waals surface area contributed by atoms with E-state index in [1.165, 1.54) is 0 Å². The second kappa shape index (κ2) is 3.67. The third-order valence-corrected chi connectivity index (χ3v) is 0.793. The van der Waals surface area contributed by atoms with Gasteiger partial charge in [-0.3, -0.25) is 0 Å². The Morgan fingerprint density at radius 3 is 2.00 bits per heavy atom. The molecule has 0 rings (SSSR count). The summed E-state index contributed by atoms with van der Waals surface area (Å²) in [6.45, 7) is 1.77. The molecule has 0 radical (unpaired) electrons. The average Bonchev–Trinajstić information content (AvgIpc) is 1.68. The maximum absolute atomic E-state index is 8.09. The van der Waals surface area contributed by atoms with E-state index < -0.39 is 5.66 Å². The van der Waals surface area contributed by atoms with Gasteiger partial charge in [-0.05, 0) is 6.42 Å². The molecule has 0 aliphatic carbocycles. The number of hydrogen-bond donors (Lipinski definition) is 2. The van der Waals surface area contributed by atoms with E-state index >= 15 is 0 Å². The van der Waals surface area contributed by atoms with Crippen molar-refractivity contribution < 1.29 is 0 Å². The Morgan fingerprint density at radius 2 is 2.00 bits per heavy atom. The Morgan fingerprint density at radius 1 is 1.62 bits per heavy atom. The Labute approximate surface area is 55.1 Å². The van der Waals surface area contributed by atoms with E-state index in [0.717, 1.165) is 0 Å². The number of nitrogens with zero attached hydrogens (tertiary/aromatic N) is 1. The van der Waals surface area contributed by atoms with Gasteiger partial charge in [-0.25, -0.2) is 0 Å². The SMILES string of the molecule is CCC(N)(N)C#N.Cl. The fourth-order valence-electron chi connectivity index (χ4n) is 0.0791. The zero-order chi connectivity index (χ0) is 5.91. The van der Waals surface area contributed by atoms with Crippen molar-refractivity contribution in [2.75, 3.05) is 0 Å². The van der Waals surface area contributed by atoms with Crippen LogP contribution in [-0.2, 0) is 0 Å². The monoisotopic (exact) mass is 135 g/mol. The highest BCUT2D eigenvalue weighted by molar-refractivity contribution is 5.85. The van der Waals surface area contributed by atoms with Gasteiger partial charge < -0.3 is 11.5 Å². The van der Waals surface area contributed by atoms with Crippen molar-refractivity contribution >= 4 is 12.4 Å². The minimum Gasteiger partial charge on any atom is -0.301 e. The summed E-state index contributed by atoms with van der Waals surface area (Å²) in [5.41, 5.74) is 9.15. The molecule has 0 heterocycles. The fraction of sp³-hybridized carbons (Fsp3) is 0.750. The molecule has 0 saturated carbocycles. The number of nitriles is 1. The first kappa shape index (κ1) is 10.6. The summed E-state index contributed by atoms with van der Waals surface area (Å²) in [5.74, 6) is 0. The summed E-state index contributed by atoms with van der Waals surface area (Å²) >= 11 is 0. The first-order valence-electron chi connectivity index (χ1n) is 2.11. The van der Waals surface area contributed by atoms with Gasteiger partial charge in [0.25, 0.3) is 0 Å². The van der Waals surface area contributed by atoms with Crippen LogP contribution in [0, 0.1) is 11.3 Å². The molecule has 0 aromatic carbocycles. The van der Waals surface area contributed by atoms with Crippen molar-refractivity contribution in [1.82, 2.24) is 0 Å². The van der Waals surface area contributed by atoms with E-state index in [9.17, 15) is 0 Å². The number of hydrogen-bond acceptors (Lipinski definition) is 3. The van der Waals surface area contributed by atoms with E-state index in [1.54, 1.807) is 13.0 Å². The lowest BCUT2D eigenvalue weighted by Gasteiger charge is -2.09. The maximum Gasteiger partial charge on any atom is 0.153 e. The average molecular weight is 136 g/mol. The second-order valence-electron chi connectivity index (χ2n) is 1.51. The van der Waals surface area contributed by atoms with Crippen molar-refractivity contribution in [2.24, 2.45) is 11.5 Å². The second-order valence-corrected chi connectivity index (χ2v) is 1.51. The van der Waals surface area contributed by atoms with Crippen LogP contribution >= 0.6 is 12.4 Å². The van der Waals surface area contributed by atoms with Gasteiger partial charge in [0.1, 0.15) is 6.07 Å². The fourth-order valence-corrected chi connectivity index (χ4v) is 0.0791. The highest BCUT2D eigenvalue weighted by atomic mass is 35.5. The van der Waals surface area contributed by atoms with Gasteiger partial charge in [0, 0.05) is 0 Å². The molecule has 0 fully saturated rings. The van der Waals surface area contributed by atoms with E-state index in [2.05, 4.69) is 0 Å². The molecule has 3 nitrogen and oxygen atoms in total. The van der Waals surface area contributed by atoms with Crippen LogP contribution in [0.25, 0.3) is 0 Å². The molecule has 48 valence electrons. The summed E-state index contributed by atoms with van der Waals surface area (Å²) in [6, 6.07) is 1.75.